The summed E-state index contributed by atoms with van der Waals surface area (Å²) in [7, 11) is -3.96. The van der Waals surface area contributed by atoms with Crippen LogP contribution in [0.25, 0.3) is 0 Å². The predicted molar refractivity (Wildman–Crippen MR) is 137 cm³/mol. The van der Waals surface area contributed by atoms with Gasteiger partial charge in [-0.15, -0.1) is 20.5 Å². The maximum atomic E-state index is 8.49. The Morgan fingerprint density at radius 2 is 0.822 bits per heavy atom. The molecule has 45 heavy (non-hydrogen) atoms. The molecule has 0 amide bonds. The number of nitrogens with zero attached hydrogens (tertiary/aromatic N) is 10. The molecule has 0 aromatic carbocycles. The normalized spacial score (nSPS) is 12.0. The van der Waals surface area contributed by atoms with Gasteiger partial charge in [0.25, 0.3) is 0 Å². The summed E-state index contributed by atoms with van der Waals surface area (Å²) < 4.78 is 73.8. The van der Waals surface area contributed by atoms with Gasteiger partial charge < -0.3 is 18.6 Å². The third kappa shape index (κ3) is 24.3. The molecule has 0 saturated carbocycles. The van der Waals surface area contributed by atoms with Gasteiger partial charge in [0.2, 0.25) is 0 Å². The molecular formula is C24H36Cl2FeN10O8. The van der Waals surface area contributed by atoms with Crippen molar-refractivity contribution in [3.63, 3.8) is 0 Å². The number of rotatable bonds is 15. The number of imidazole rings is 3. The third-order valence-electron chi connectivity index (χ3n) is 5.48. The van der Waals surface area contributed by atoms with Crippen LogP contribution < -0.4 is 37.3 Å². The Labute approximate surface area is 275 Å². The number of hydrogen-bond acceptors (Lipinski definition) is 15. The van der Waals surface area contributed by atoms with Gasteiger partial charge in [0, 0.05) is 78.0 Å². The second-order valence-corrected chi connectivity index (χ2v) is 10.5. The standard InChI is InChI=1S/C24H36N10.2ClHO4.Fe/c1-31-16-10-28-22(31)19-25-7-4-13-34(14-5-8-26-20-23-29-11-17-32(23)2)15-6-9-27-21-24-30-12-18-33(24)3;2*2-1(3,4)5;/h10-12,16-21H,4-9,13-15H2,1-3H3;2*(H,2,3,4,5);/q;;;+2/p-2. The summed E-state index contributed by atoms with van der Waals surface area (Å²) in [5.74, 6) is 2.65. The zero-order valence-electron chi connectivity index (χ0n) is 24.9. The van der Waals surface area contributed by atoms with E-state index in [1.807, 2.05) is 72.1 Å². The van der Waals surface area contributed by atoms with E-state index < -0.39 is 20.5 Å². The SMILES string of the molecule is Cn1ccnc1C=NCCCN(CCCN=Cc1nccn1C)CCCN=Cc1nccn1C.[Fe+2].[O-][Cl+3]([O-])([O-])[O-].[O-][Cl+3]([O-])([O-])[O-]. The summed E-state index contributed by atoms with van der Waals surface area (Å²) in [6.45, 7) is 5.38. The average Bonchev–Trinajstić information content (AvgIpc) is 3.62. The van der Waals surface area contributed by atoms with E-state index in [1.54, 1.807) is 18.6 Å². The molecule has 0 fully saturated rings. The minimum Gasteiger partial charge on any atom is -0.333 e. The third-order valence-corrected chi connectivity index (χ3v) is 5.48. The first-order chi connectivity index (χ1) is 20.6. The minimum atomic E-state index is -4.94. The maximum absolute atomic E-state index is 8.49. The molecule has 3 aromatic rings. The molecule has 0 saturated heterocycles. The van der Waals surface area contributed by atoms with Crippen molar-refractivity contribution in [3.05, 3.63) is 54.7 Å². The molecule has 3 rings (SSSR count). The number of halogens is 2. The zero-order valence-corrected chi connectivity index (χ0v) is 27.5. The van der Waals surface area contributed by atoms with E-state index >= 15 is 0 Å². The Balaban J connectivity index is 0.00000153. The summed E-state index contributed by atoms with van der Waals surface area (Å²) in [4.78, 5) is 28.9. The van der Waals surface area contributed by atoms with Gasteiger partial charge in [-0.2, -0.15) is 0 Å². The van der Waals surface area contributed by atoms with Crippen molar-refractivity contribution in [1.82, 2.24) is 33.6 Å². The summed E-state index contributed by atoms with van der Waals surface area (Å²) in [5.41, 5.74) is 0. The predicted octanol–water partition coefficient (Wildman–Crippen LogP) is -7.50. The monoisotopic (exact) mass is 718 g/mol. The van der Waals surface area contributed by atoms with Crippen LogP contribution >= 0.6 is 0 Å². The quantitative estimate of drug-likeness (QED) is 0.0805. The van der Waals surface area contributed by atoms with Crippen molar-refractivity contribution in [2.24, 2.45) is 36.1 Å². The van der Waals surface area contributed by atoms with Crippen molar-refractivity contribution in [3.8, 4) is 0 Å². The van der Waals surface area contributed by atoms with Gasteiger partial charge in [0.05, 0.1) is 18.6 Å². The van der Waals surface area contributed by atoms with Crippen LogP contribution in [0.15, 0.2) is 52.2 Å². The molecule has 0 aliphatic carbocycles. The second-order valence-electron chi connectivity index (χ2n) is 8.95. The Kier molecular flexibility index (Phi) is 21.5. The van der Waals surface area contributed by atoms with Crippen LogP contribution in [0.4, 0.5) is 0 Å². The molecule has 0 spiro atoms. The summed E-state index contributed by atoms with van der Waals surface area (Å²) in [5, 5.41) is 0. The first-order valence-corrected chi connectivity index (χ1v) is 15.5. The van der Waals surface area contributed by atoms with Crippen LogP contribution in [-0.4, -0.2) is 91.5 Å². The Hall–Kier alpha value is -2.62. The van der Waals surface area contributed by atoms with Crippen LogP contribution in [-0.2, 0) is 38.2 Å². The van der Waals surface area contributed by atoms with Crippen molar-refractivity contribution in [2.45, 2.75) is 19.3 Å². The molecule has 0 atom stereocenters. The Morgan fingerprint density at radius 1 is 0.578 bits per heavy atom. The van der Waals surface area contributed by atoms with Gasteiger partial charge >= 0.3 is 17.1 Å². The molecule has 0 N–H and O–H groups in total. The molecule has 18 nitrogen and oxygen atoms in total. The van der Waals surface area contributed by atoms with Crippen molar-refractivity contribution in [1.29, 1.82) is 0 Å². The Morgan fingerprint density at radius 3 is 1.02 bits per heavy atom. The molecule has 252 valence electrons. The number of hydrogen-bond donors (Lipinski definition) is 0. The largest absolute Gasteiger partial charge is 2.00 e. The summed E-state index contributed by atoms with van der Waals surface area (Å²) >= 11 is 0. The van der Waals surface area contributed by atoms with E-state index in [0.717, 1.165) is 76.0 Å². The van der Waals surface area contributed by atoms with E-state index in [4.69, 9.17) is 37.3 Å². The van der Waals surface area contributed by atoms with E-state index in [0.29, 0.717) is 0 Å². The molecule has 0 aliphatic heterocycles. The smallest absolute Gasteiger partial charge is 0.333 e. The topological polar surface area (TPSA) is 278 Å². The molecule has 0 unspecified atom stereocenters. The molecule has 3 heterocycles. The van der Waals surface area contributed by atoms with Crippen molar-refractivity contribution < 1.29 is 74.8 Å². The molecule has 0 bridgehead atoms. The fourth-order valence-corrected chi connectivity index (χ4v) is 3.44. The van der Waals surface area contributed by atoms with Gasteiger partial charge in [0.1, 0.15) is 17.5 Å². The van der Waals surface area contributed by atoms with Gasteiger partial charge in [0.15, 0.2) is 0 Å². The van der Waals surface area contributed by atoms with Crippen molar-refractivity contribution >= 4 is 18.6 Å². The van der Waals surface area contributed by atoms with E-state index in [9.17, 15) is 0 Å². The molecule has 21 heteroatoms. The van der Waals surface area contributed by atoms with E-state index in [-0.39, 0.29) is 17.1 Å². The zero-order chi connectivity index (χ0) is 33.0. The van der Waals surface area contributed by atoms with Gasteiger partial charge in [-0.05, 0) is 38.9 Å². The fraction of sp³-hybridized carbons (Fsp3) is 0.500. The molecule has 0 aliphatic rings. The van der Waals surface area contributed by atoms with Crippen LogP contribution in [0.5, 0.6) is 0 Å². The Bertz CT molecular complexity index is 1120. The molecular weight excluding hydrogens is 683 g/mol. The minimum absolute atomic E-state index is 0. The number of aliphatic imine (C=N–C) groups is 3. The molecule has 0 radical (unpaired) electrons. The van der Waals surface area contributed by atoms with E-state index in [2.05, 4.69) is 34.8 Å². The van der Waals surface area contributed by atoms with Crippen LogP contribution in [0, 0.1) is 20.5 Å². The van der Waals surface area contributed by atoms with Gasteiger partial charge in [-0.25, -0.2) is 52.2 Å². The number of aryl methyl sites for hydroxylation is 3. The summed E-state index contributed by atoms with van der Waals surface area (Å²) in [6, 6.07) is 0. The number of aromatic nitrogens is 6. The van der Waals surface area contributed by atoms with Crippen LogP contribution in [0.1, 0.15) is 36.7 Å². The maximum Gasteiger partial charge on any atom is 2.00 e. The summed E-state index contributed by atoms with van der Waals surface area (Å²) in [6.07, 6.45) is 19.7. The van der Waals surface area contributed by atoms with Crippen LogP contribution in [0.2, 0.25) is 0 Å². The first-order valence-electron chi connectivity index (χ1n) is 13.0. The van der Waals surface area contributed by atoms with Crippen LogP contribution in [0.3, 0.4) is 0 Å². The average molecular weight is 719 g/mol. The van der Waals surface area contributed by atoms with Gasteiger partial charge in [-0.3, -0.25) is 15.0 Å². The fourth-order valence-electron chi connectivity index (χ4n) is 3.44. The molecule has 3 aromatic heterocycles. The first kappa shape index (κ1) is 42.4. The second kappa shape index (κ2) is 22.8. The van der Waals surface area contributed by atoms with E-state index in [1.165, 1.54) is 0 Å². The van der Waals surface area contributed by atoms with Gasteiger partial charge in [-0.1, -0.05) is 0 Å². The van der Waals surface area contributed by atoms with Crippen molar-refractivity contribution in [2.75, 3.05) is 39.3 Å².